The molecule has 2 atom stereocenters. The number of nitrogens with zero attached hydrogens (tertiary/aromatic N) is 2. The molecule has 0 saturated carbocycles. The first-order valence-corrected chi connectivity index (χ1v) is 7.56. The first-order valence-electron chi connectivity index (χ1n) is 7.56. The van der Waals surface area contributed by atoms with Gasteiger partial charge in [-0.25, -0.2) is 4.68 Å². The van der Waals surface area contributed by atoms with Gasteiger partial charge in [0.05, 0.1) is 30.4 Å². The summed E-state index contributed by atoms with van der Waals surface area (Å²) in [5, 5.41) is 7.43. The Morgan fingerprint density at radius 2 is 2.33 bits per heavy atom. The van der Waals surface area contributed by atoms with Crippen LogP contribution in [0.2, 0.25) is 0 Å². The summed E-state index contributed by atoms with van der Waals surface area (Å²) in [7, 11) is 3.47. The fraction of sp³-hybridized carbons (Fsp3) is 0.733. The van der Waals surface area contributed by atoms with Gasteiger partial charge in [0.25, 0.3) is 0 Å². The van der Waals surface area contributed by atoms with Crippen molar-refractivity contribution in [2.24, 2.45) is 13.0 Å². The average Bonchev–Trinajstić information content (AvgIpc) is 2.80. The Hall–Kier alpha value is -1.56. The Bertz CT molecular complexity index is 499. The second kappa shape index (κ2) is 6.93. The summed E-state index contributed by atoms with van der Waals surface area (Å²) in [6.45, 7) is 5.21. The van der Waals surface area contributed by atoms with Crippen LogP contribution in [0.5, 0.6) is 5.88 Å². The second-order valence-corrected chi connectivity index (χ2v) is 5.45. The molecule has 2 rings (SSSR count). The number of ether oxygens (including phenoxy) is 2. The number of amides is 1. The highest BCUT2D eigenvalue weighted by Gasteiger charge is 2.29. The minimum Gasteiger partial charge on any atom is -0.481 e. The number of carbonyl (C=O) groups excluding carboxylic acids is 1. The number of hydrogen-bond acceptors (Lipinski definition) is 4. The monoisotopic (exact) mass is 295 g/mol. The molecule has 0 radical (unpaired) electrons. The van der Waals surface area contributed by atoms with Crippen molar-refractivity contribution < 1.29 is 14.3 Å². The van der Waals surface area contributed by atoms with Gasteiger partial charge < -0.3 is 14.8 Å². The van der Waals surface area contributed by atoms with Gasteiger partial charge in [-0.3, -0.25) is 4.79 Å². The molecule has 6 heteroatoms. The predicted molar refractivity (Wildman–Crippen MR) is 79.1 cm³/mol. The third-order valence-corrected chi connectivity index (χ3v) is 4.08. The van der Waals surface area contributed by atoms with E-state index < -0.39 is 0 Å². The first kappa shape index (κ1) is 15.8. The molecule has 2 unspecified atom stereocenters. The smallest absolute Gasteiger partial charge is 0.225 e. The first-order chi connectivity index (χ1) is 10.1. The van der Waals surface area contributed by atoms with Crippen LogP contribution < -0.4 is 10.1 Å². The van der Waals surface area contributed by atoms with E-state index >= 15 is 0 Å². The van der Waals surface area contributed by atoms with Crippen molar-refractivity contribution in [3.05, 3.63) is 11.3 Å². The van der Waals surface area contributed by atoms with Crippen molar-refractivity contribution in [3.8, 4) is 5.88 Å². The molecule has 1 N–H and O–H groups in total. The maximum atomic E-state index is 12.3. The standard InChI is InChI=1S/C15H25N3O3/c1-5-13-12(15(20-4)18(3)17-13)9-16-14(19)11-7-6-8-21-10(11)2/h10-11H,5-9H2,1-4H3,(H,16,19). The van der Waals surface area contributed by atoms with Gasteiger partial charge in [-0.2, -0.15) is 5.10 Å². The minimum absolute atomic E-state index is 0.0137. The molecule has 0 aliphatic carbocycles. The van der Waals surface area contributed by atoms with Gasteiger partial charge >= 0.3 is 0 Å². The molecule has 1 aliphatic rings. The molecule has 2 heterocycles. The fourth-order valence-electron chi connectivity index (χ4n) is 2.90. The Balaban J connectivity index is 2.04. The molecule has 0 aromatic carbocycles. The van der Waals surface area contributed by atoms with E-state index in [1.165, 1.54) is 0 Å². The summed E-state index contributed by atoms with van der Waals surface area (Å²) in [6, 6.07) is 0. The predicted octanol–water partition coefficient (Wildman–Crippen LogP) is 1.42. The van der Waals surface area contributed by atoms with Crippen molar-refractivity contribution in [3.63, 3.8) is 0 Å². The Labute approximate surface area is 125 Å². The van der Waals surface area contributed by atoms with Crippen molar-refractivity contribution in [2.45, 2.75) is 45.8 Å². The highest BCUT2D eigenvalue weighted by Crippen LogP contribution is 2.23. The number of rotatable bonds is 5. The fourth-order valence-corrected chi connectivity index (χ4v) is 2.90. The van der Waals surface area contributed by atoms with E-state index in [-0.39, 0.29) is 17.9 Å². The zero-order valence-corrected chi connectivity index (χ0v) is 13.3. The zero-order chi connectivity index (χ0) is 15.4. The number of nitrogens with one attached hydrogen (secondary N) is 1. The largest absolute Gasteiger partial charge is 0.481 e. The molecule has 0 bridgehead atoms. The number of aromatic nitrogens is 2. The minimum atomic E-state index is -0.0634. The van der Waals surface area contributed by atoms with E-state index in [1.807, 2.05) is 20.9 Å². The number of aryl methyl sites for hydroxylation is 2. The number of methoxy groups -OCH3 is 1. The van der Waals surface area contributed by atoms with Crippen molar-refractivity contribution in [2.75, 3.05) is 13.7 Å². The number of carbonyl (C=O) groups is 1. The van der Waals surface area contributed by atoms with Gasteiger partial charge in [-0.15, -0.1) is 0 Å². The summed E-state index contributed by atoms with van der Waals surface area (Å²) in [4.78, 5) is 12.3. The zero-order valence-electron chi connectivity index (χ0n) is 13.3. The van der Waals surface area contributed by atoms with Gasteiger partial charge in [-0.05, 0) is 26.2 Å². The number of hydrogen-bond donors (Lipinski definition) is 1. The van der Waals surface area contributed by atoms with Crippen LogP contribution in [0.1, 0.15) is 37.9 Å². The summed E-state index contributed by atoms with van der Waals surface area (Å²) < 4.78 is 12.7. The highest BCUT2D eigenvalue weighted by atomic mass is 16.5. The molecule has 6 nitrogen and oxygen atoms in total. The topological polar surface area (TPSA) is 65.4 Å². The molecule has 1 aromatic rings. The molecule has 1 saturated heterocycles. The van der Waals surface area contributed by atoms with Crippen LogP contribution in [0.3, 0.4) is 0 Å². The highest BCUT2D eigenvalue weighted by molar-refractivity contribution is 5.79. The molecule has 118 valence electrons. The molecule has 1 fully saturated rings. The van der Waals surface area contributed by atoms with Crippen molar-refractivity contribution in [1.82, 2.24) is 15.1 Å². The lowest BCUT2D eigenvalue weighted by Gasteiger charge is -2.28. The summed E-state index contributed by atoms with van der Waals surface area (Å²) in [6.07, 6.45) is 2.63. The average molecular weight is 295 g/mol. The van der Waals surface area contributed by atoms with Gasteiger partial charge in [0.1, 0.15) is 0 Å². The molecule has 0 spiro atoms. The van der Waals surface area contributed by atoms with Crippen LogP contribution >= 0.6 is 0 Å². The van der Waals surface area contributed by atoms with Crippen molar-refractivity contribution in [1.29, 1.82) is 0 Å². The van der Waals surface area contributed by atoms with Crippen LogP contribution in [0.4, 0.5) is 0 Å². The Kier molecular flexibility index (Phi) is 5.22. The molecular weight excluding hydrogens is 270 g/mol. The molecule has 21 heavy (non-hydrogen) atoms. The molecule has 1 aliphatic heterocycles. The van der Waals surface area contributed by atoms with Gasteiger partial charge in [0, 0.05) is 20.2 Å². The maximum Gasteiger partial charge on any atom is 0.225 e. The van der Waals surface area contributed by atoms with E-state index in [2.05, 4.69) is 10.4 Å². The lowest BCUT2D eigenvalue weighted by molar-refractivity contribution is -0.133. The van der Waals surface area contributed by atoms with Crippen LogP contribution in [0, 0.1) is 5.92 Å². The van der Waals surface area contributed by atoms with E-state index in [4.69, 9.17) is 9.47 Å². The van der Waals surface area contributed by atoms with Crippen LogP contribution in [-0.4, -0.2) is 35.5 Å². The van der Waals surface area contributed by atoms with E-state index in [9.17, 15) is 4.79 Å². The molecule has 1 aromatic heterocycles. The van der Waals surface area contributed by atoms with Crippen LogP contribution in [0.15, 0.2) is 0 Å². The van der Waals surface area contributed by atoms with Crippen LogP contribution in [0.25, 0.3) is 0 Å². The Morgan fingerprint density at radius 3 is 2.95 bits per heavy atom. The second-order valence-electron chi connectivity index (χ2n) is 5.45. The summed E-state index contributed by atoms with van der Waals surface area (Å²) in [5.41, 5.74) is 1.92. The summed E-state index contributed by atoms with van der Waals surface area (Å²) >= 11 is 0. The molecule has 1 amide bonds. The Morgan fingerprint density at radius 1 is 1.57 bits per heavy atom. The van der Waals surface area contributed by atoms with E-state index in [0.717, 1.165) is 37.1 Å². The van der Waals surface area contributed by atoms with Gasteiger partial charge in [0.15, 0.2) is 0 Å². The summed E-state index contributed by atoms with van der Waals surface area (Å²) in [5.74, 6) is 0.696. The lowest BCUT2D eigenvalue weighted by Crippen LogP contribution is -2.40. The van der Waals surface area contributed by atoms with E-state index in [0.29, 0.717) is 12.4 Å². The normalized spacial score (nSPS) is 22.1. The van der Waals surface area contributed by atoms with Crippen molar-refractivity contribution >= 4 is 5.91 Å². The van der Waals surface area contributed by atoms with Gasteiger partial charge in [-0.1, -0.05) is 6.92 Å². The maximum absolute atomic E-state index is 12.3. The van der Waals surface area contributed by atoms with E-state index in [1.54, 1.807) is 11.8 Å². The van der Waals surface area contributed by atoms with Gasteiger partial charge in [0.2, 0.25) is 11.8 Å². The molecular formula is C15H25N3O3. The lowest BCUT2D eigenvalue weighted by atomic mass is 9.94. The SMILES string of the molecule is CCc1nn(C)c(OC)c1CNC(=O)C1CCCOC1C. The quantitative estimate of drug-likeness (QED) is 0.892. The third kappa shape index (κ3) is 3.37. The third-order valence-electron chi connectivity index (χ3n) is 4.08. The van der Waals surface area contributed by atoms with Crippen LogP contribution in [-0.2, 0) is 29.5 Å².